The molecule has 0 rings (SSSR count). The van der Waals surface area contributed by atoms with Gasteiger partial charge in [-0.25, -0.2) is 0 Å². The van der Waals surface area contributed by atoms with Crippen molar-refractivity contribution >= 4 is 23.9 Å². The molecule has 0 bridgehead atoms. The summed E-state index contributed by atoms with van der Waals surface area (Å²) >= 11 is 0. The second-order valence-electron chi connectivity index (χ2n) is 4.36. The van der Waals surface area contributed by atoms with Gasteiger partial charge in [-0.3, -0.25) is 19.2 Å². The van der Waals surface area contributed by atoms with Gasteiger partial charge in [0.1, 0.15) is 0 Å². The third-order valence-electron chi connectivity index (χ3n) is 1.45. The lowest BCUT2D eigenvalue weighted by Crippen LogP contribution is -2.54. The highest BCUT2D eigenvalue weighted by atomic mass is 16.4. The molecule has 0 saturated heterocycles. The monoisotopic (exact) mass is 388 g/mol. The van der Waals surface area contributed by atoms with Gasteiger partial charge in [-0.15, -0.1) is 0 Å². The second kappa shape index (κ2) is 24.9. The van der Waals surface area contributed by atoms with Gasteiger partial charge in [0.25, 0.3) is 23.9 Å². The van der Waals surface area contributed by atoms with Crippen LogP contribution in [-0.2, 0) is 19.2 Å². The number of carboxylic acid groups (broad SMARTS) is 4. The van der Waals surface area contributed by atoms with Crippen molar-refractivity contribution in [2.45, 2.75) is 45.9 Å². The number of carboxylic acids is 4. The van der Waals surface area contributed by atoms with Crippen LogP contribution in [0.25, 0.3) is 0 Å². The minimum Gasteiger partial charge on any atom is -0.481 e. The molecule has 13 N–H and O–H groups in total. The quantitative estimate of drug-likeness (QED) is 0.237. The average Bonchev–Trinajstić information content (AvgIpc) is 2.42. The minimum atomic E-state index is -0.833. The third kappa shape index (κ3) is 98.9. The maximum Gasteiger partial charge on any atom is 0.300 e. The molecule has 0 aromatic carbocycles. The first kappa shape index (κ1) is 34.9. The summed E-state index contributed by atoms with van der Waals surface area (Å²) in [6.07, 6.45) is -0.751. The van der Waals surface area contributed by atoms with Crippen LogP contribution < -0.4 is 22.9 Å². The molecule has 0 aromatic heterocycles. The molecule has 0 spiro atoms. The molecule has 0 radical (unpaired) electrons. The van der Waals surface area contributed by atoms with E-state index in [0.29, 0.717) is 0 Å². The molecule has 0 fully saturated rings. The molecule has 0 aromatic rings. The fourth-order valence-corrected chi connectivity index (χ4v) is 0.600. The third-order valence-corrected chi connectivity index (χ3v) is 1.45. The normalized spacial score (nSPS) is 11.6. The summed E-state index contributed by atoms with van der Waals surface area (Å²) in [5, 5.41) is 38.7. The highest BCUT2D eigenvalue weighted by molar-refractivity contribution is 5.63. The number of nitrogens with two attached hydrogens (primary N) is 4. The van der Waals surface area contributed by atoms with Crippen LogP contribution in [0.5, 0.6) is 0 Å². The van der Waals surface area contributed by atoms with Crippen LogP contribution in [0.1, 0.15) is 27.7 Å². The van der Waals surface area contributed by atoms with Crippen LogP contribution in [0.4, 0.5) is 0 Å². The van der Waals surface area contributed by atoms with Gasteiger partial charge in [-0.2, -0.15) is 0 Å². The number of carbonyl (C=O) groups is 4. The van der Waals surface area contributed by atoms with E-state index in [4.69, 9.17) is 67.6 Å². The Morgan fingerprint density at radius 2 is 0.885 bits per heavy atom. The fourth-order valence-electron chi connectivity index (χ4n) is 0.600. The Bertz CT molecular complexity index is 307. The number of aliphatic hydroxyl groups excluding tert-OH is 1. The van der Waals surface area contributed by atoms with Crippen molar-refractivity contribution < 1.29 is 44.7 Å². The van der Waals surface area contributed by atoms with Crippen molar-refractivity contribution in [1.82, 2.24) is 0 Å². The molecule has 13 heteroatoms. The molecule has 3 atom stereocenters. The predicted molar refractivity (Wildman–Crippen MR) is 93.3 cm³/mol. The zero-order valence-corrected chi connectivity index (χ0v) is 15.3. The Morgan fingerprint density at radius 3 is 1.00 bits per heavy atom. The van der Waals surface area contributed by atoms with Gasteiger partial charge in [-0.05, 0) is 0 Å². The molecule has 0 aliphatic rings. The molecule has 0 amide bonds. The lowest BCUT2D eigenvalue weighted by molar-refractivity contribution is -0.135. The van der Waals surface area contributed by atoms with Gasteiger partial charge >= 0.3 is 0 Å². The summed E-state index contributed by atoms with van der Waals surface area (Å²) in [5.74, 6) is -3.33. The number of hydrogen-bond donors (Lipinski definition) is 9. The summed E-state index contributed by atoms with van der Waals surface area (Å²) in [5.41, 5.74) is 21.2. The number of rotatable bonds is 4. The van der Waals surface area contributed by atoms with Crippen molar-refractivity contribution in [2.75, 3.05) is 13.1 Å². The first-order chi connectivity index (χ1) is 11.6. The van der Waals surface area contributed by atoms with Crippen molar-refractivity contribution in [3.63, 3.8) is 0 Å². The van der Waals surface area contributed by atoms with Crippen molar-refractivity contribution in [3.8, 4) is 0 Å². The Kier molecular flexibility index (Phi) is 33.5. The zero-order valence-electron chi connectivity index (χ0n) is 15.3. The predicted octanol–water partition coefficient (Wildman–Crippen LogP) is -2.72. The van der Waals surface area contributed by atoms with E-state index < -0.39 is 36.0 Å². The number of aliphatic hydroxyl groups is 1. The van der Waals surface area contributed by atoms with E-state index in [0.717, 1.165) is 27.7 Å². The molecule has 0 aliphatic heterocycles. The molecule has 3 unspecified atom stereocenters. The van der Waals surface area contributed by atoms with Gasteiger partial charge in [0.05, 0.1) is 6.10 Å². The van der Waals surface area contributed by atoms with Crippen LogP contribution in [0.2, 0.25) is 0 Å². The maximum atomic E-state index is 9.04. The first-order valence-electron chi connectivity index (χ1n) is 6.94. The standard InChI is InChI=1S/C5H16N4O.4C2H4O2/c6-1-3(8)5(9)4(10)2-7;4*1-2(3)4/h3-5,10H,1-2,6-9H2;4*1H3,(H,3,4). The van der Waals surface area contributed by atoms with Crippen LogP contribution in [0.3, 0.4) is 0 Å². The van der Waals surface area contributed by atoms with Gasteiger partial charge in [-0.1, -0.05) is 0 Å². The maximum absolute atomic E-state index is 9.04. The minimum absolute atomic E-state index is 0.120. The van der Waals surface area contributed by atoms with Gasteiger partial charge < -0.3 is 48.5 Å². The molecular formula is C13H32N4O9. The van der Waals surface area contributed by atoms with E-state index in [1.165, 1.54) is 0 Å². The van der Waals surface area contributed by atoms with Gasteiger partial charge in [0.2, 0.25) is 0 Å². The van der Waals surface area contributed by atoms with Gasteiger partial charge in [0, 0.05) is 52.9 Å². The molecule has 0 heterocycles. The van der Waals surface area contributed by atoms with Crippen molar-refractivity contribution in [1.29, 1.82) is 0 Å². The summed E-state index contributed by atoms with van der Waals surface area (Å²) in [7, 11) is 0. The summed E-state index contributed by atoms with van der Waals surface area (Å²) in [6.45, 7) is 4.72. The highest BCUT2D eigenvalue weighted by Gasteiger charge is 2.18. The van der Waals surface area contributed by atoms with Gasteiger partial charge in [0.15, 0.2) is 0 Å². The Labute approximate surface area is 151 Å². The van der Waals surface area contributed by atoms with E-state index in [2.05, 4.69) is 0 Å². The van der Waals surface area contributed by atoms with Crippen LogP contribution in [-0.4, -0.2) is 80.7 Å². The van der Waals surface area contributed by atoms with Crippen molar-refractivity contribution in [2.24, 2.45) is 22.9 Å². The van der Waals surface area contributed by atoms with E-state index in [1.807, 2.05) is 0 Å². The first-order valence-corrected chi connectivity index (χ1v) is 6.94. The summed E-state index contributed by atoms with van der Waals surface area (Å²) in [4.78, 5) is 36.0. The lowest BCUT2D eigenvalue weighted by atomic mass is 10.0. The topological polar surface area (TPSA) is 274 Å². The Hall–Kier alpha value is -2.32. The smallest absolute Gasteiger partial charge is 0.300 e. The van der Waals surface area contributed by atoms with E-state index >= 15 is 0 Å². The van der Waals surface area contributed by atoms with E-state index in [-0.39, 0.29) is 19.1 Å². The molecule has 0 saturated carbocycles. The van der Waals surface area contributed by atoms with E-state index in [9.17, 15) is 0 Å². The molecule has 26 heavy (non-hydrogen) atoms. The summed E-state index contributed by atoms with van der Waals surface area (Å²) < 4.78 is 0. The highest BCUT2D eigenvalue weighted by Crippen LogP contribution is 1.90. The molecule has 0 aliphatic carbocycles. The van der Waals surface area contributed by atoms with Crippen LogP contribution in [0, 0.1) is 0 Å². The SMILES string of the molecule is CC(=O)O.CC(=O)O.CC(=O)O.CC(=O)O.NCC(N)C(N)C(O)CN. The second-order valence-corrected chi connectivity index (χ2v) is 4.36. The van der Waals surface area contributed by atoms with E-state index in [1.54, 1.807) is 0 Å². The van der Waals surface area contributed by atoms with Crippen molar-refractivity contribution in [3.05, 3.63) is 0 Å². The molecular weight excluding hydrogens is 356 g/mol. The Morgan fingerprint density at radius 1 is 0.692 bits per heavy atom. The van der Waals surface area contributed by atoms with Crippen LogP contribution in [0.15, 0.2) is 0 Å². The zero-order chi connectivity index (χ0) is 22.5. The Balaban J connectivity index is -0.0000000776. The molecule has 13 nitrogen and oxygen atoms in total. The summed E-state index contributed by atoms with van der Waals surface area (Å²) in [6, 6.07) is -0.895. The van der Waals surface area contributed by atoms with Crippen LogP contribution >= 0.6 is 0 Å². The molecule has 158 valence electrons. The number of hydrogen-bond acceptors (Lipinski definition) is 9. The fraction of sp³-hybridized carbons (Fsp3) is 0.692. The lowest BCUT2D eigenvalue weighted by Gasteiger charge is -2.22. The number of aliphatic carboxylic acids is 4. The average molecular weight is 388 g/mol. The largest absolute Gasteiger partial charge is 0.481 e.